The number of aliphatic hydroxyl groups excluding tert-OH is 1. The summed E-state index contributed by atoms with van der Waals surface area (Å²) in [6, 6.07) is 6.20. The predicted octanol–water partition coefficient (Wildman–Crippen LogP) is 0.361. The maximum absolute atomic E-state index is 11.5. The van der Waals surface area contributed by atoms with E-state index < -0.39 is 6.10 Å². The second-order valence-corrected chi connectivity index (χ2v) is 3.68. The van der Waals surface area contributed by atoms with E-state index in [0.717, 1.165) is 0 Å². The molecule has 0 radical (unpaired) electrons. The minimum atomic E-state index is -0.711. The van der Waals surface area contributed by atoms with Crippen molar-refractivity contribution < 1.29 is 15.0 Å². The van der Waals surface area contributed by atoms with Gasteiger partial charge in [-0.2, -0.15) is 5.26 Å². The highest BCUT2D eigenvalue weighted by Gasteiger charge is 2.30. The third-order valence-corrected chi connectivity index (χ3v) is 2.50. The number of phenolic OH excluding ortho intramolecular Hbond substituents is 1. The molecule has 1 saturated heterocycles. The molecule has 0 saturated carbocycles. The highest BCUT2D eigenvalue weighted by molar-refractivity contribution is 5.97. The van der Waals surface area contributed by atoms with E-state index in [1.165, 1.54) is 23.1 Å². The number of anilines is 1. The second-order valence-electron chi connectivity index (χ2n) is 3.68. The van der Waals surface area contributed by atoms with Gasteiger partial charge in [0.25, 0.3) is 0 Å². The molecule has 0 aliphatic carbocycles. The Balaban J connectivity index is 2.40. The number of rotatable bonds is 1. The number of hydrogen-bond acceptors (Lipinski definition) is 4. The molecule has 1 aliphatic heterocycles. The van der Waals surface area contributed by atoms with Crippen LogP contribution in [0.1, 0.15) is 12.0 Å². The van der Waals surface area contributed by atoms with Crippen molar-refractivity contribution in [3.05, 3.63) is 23.8 Å². The summed E-state index contributed by atoms with van der Waals surface area (Å²) < 4.78 is 0. The fourth-order valence-corrected chi connectivity index (χ4v) is 1.73. The summed E-state index contributed by atoms with van der Waals surface area (Å²) in [7, 11) is 0. The molecule has 1 fully saturated rings. The van der Waals surface area contributed by atoms with Gasteiger partial charge in [-0.1, -0.05) is 0 Å². The van der Waals surface area contributed by atoms with Gasteiger partial charge in [0.05, 0.1) is 36.4 Å². The van der Waals surface area contributed by atoms with E-state index in [1.54, 1.807) is 0 Å². The lowest BCUT2D eigenvalue weighted by Gasteiger charge is -2.17. The van der Waals surface area contributed by atoms with Gasteiger partial charge in [-0.25, -0.2) is 0 Å². The molecule has 0 spiro atoms. The van der Waals surface area contributed by atoms with Crippen LogP contribution in [-0.2, 0) is 4.79 Å². The summed E-state index contributed by atoms with van der Waals surface area (Å²) in [5.41, 5.74) is 0.641. The summed E-state index contributed by atoms with van der Waals surface area (Å²) in [5, 5.41) is 27.7. The van der Waals surface area contributed by atoms with Gasteiger partial charge in [0, 0.05) is 0 Å². The van der Waals surface area contributed by atoms with E-state index in [2.05, 4.69) is 0 Å². The fourth-order valence-electron chi connectivity index (χ4n) is 1.73. The molecule has 1 atom stereocenters. The Morgan fingerprint density at radius 2 is 2.25 bits per heavy atom. The first kappa shape index (κ1) is 10.5. The van der Waals surface area contributed by atoms with Gasteiger partial charge in [0.2, 0.25) is 5.91 Å². The van der Waals surface area contributed by atoms with Gasteiger partial charge in [-0.3, -0.25) is 4.79 Å². The van der Waals surface area contributed by atoms with Crippen LogP contribution in [0, 0.1) is 11.3 Å². The summed E-state index contributed by atoms with van der Waals surface area (Å²) in [6.07, 6.45) is -0.659. The van der Waals surface area contributed by atoms with E-state index in [1.807, 2.05) is 6.07 Å². The third-order valence-electron chi connectivity index (χ3n) is 2.50. The number of phenols is 1. The second kappa shape index (κ2) is 3.83. The number of β-amino-alcohol motifs (C(OH)–C–C–N with tert-alkyl or cyclic N) is 1. The van der Waals surface area contributed by atoms with Crippen molar-refractivity contribution in [2.45, 2.75) is 12.5 Å². The number of aliphatic hydroxyl groups is 1. The standard InChI is InChI=1S/C11H10N2O3/c12-5-7-1-2-10(15)9(3-7)13-6-8(14)4-11(13)16/h1-3,8,14-15H,4,6H2. The monoisotopic (exact) mass is 218 g/mol. The van der Waals surface area contributed by atoms with Crippen LogP contribution in [0.3, 0.4) is 0 Å². The third kappa shape index (κ3) is 1.71. The molecule has 5 heteroatoms. The van der Waals surface area contributed by atoms with Crippen molar-refractivity contribution in [2.24, 2.45) is 0 Å². The van der Waals surface area contributed by atoms with E-state index in [4.69, 9.17) is 5.26 Å². The van der Waals surface area contributed by atoms with Crippen LogP contribution >= 0.6 is 0 Å². The van der Waals surface area contributed by atoms with Crippen molar-refractivity contribution in [1.29, 1.82) is 5.26 Å². The van der Waals surface area contributed by atoms with Crippen molar-refractivity contribution in [2.75, 3.05) is 11.4 Å². The van der Waals surface area contributed by atoms with Gasteiger partial charge in [0.1, 0.15) is 5.75 Å². The molecular formula is C11H10N2O3. The zero-order valence-electron chi connectivity index (χ0n) is 8.42. The molecule has 1 heterocycles. The molecule has 2 N–H and O–H groups in total. The van der Waals surface area contributed by atoms with Crippen molar-refractivity contribution in [3.63, 3.8) is 0 Å². The Morgan fingerprint density at radius 1 is 1.50 bits per heavy atom. The Labute approximate surface area is 92.2 Å². The average molecular weight is 218 g/mol. The molecule has 5 nitrogen and oxygen atoms in total. The average Bonchev–Trinajstić information content (AvgIpc) is 2.58. The number of carbonyl (C=O) groups is 1. The lowest BCUT2D eigenvalue weighted by Crippen LogP contribution is -2.25. The molecule has 16 heavy (non-hydrogen) atoms. The predicted molar refractivity (Wildman–Crippen MR) is 55.8 cm³/mol. The largest absolute Gasteiger partial charge is 0.506 e. The van der Waals surface area contributed by atoms with Crippen LogP contribution in [-0.4, -0.2) is 28.8 Å². The minimum Gasteiger partial charge on any atom is -0.506 e. The summed E-state index contributed by atoms with van der Waals surface area (Å²) >= 11 is 0. The normalized spacial score (nSPS) is 19.9. The summed E-state index contributed by atoms with van der Waals surface area (Å²) in [6.45, 7) is 0.154. The van der Waals surface area contributed by atoms with Crippen LogP contribution in [0.5, 0.6) is 5.75 Å². The molecule has 1 amide bonds. The smallest absolute Gasteiger partial charge is 0.229 e. The van der Waals surface area contributed by atoms with Gasteiger partial charge in [0.15, 0.2) is 0 Å². The molecule has 1 aliphatic rings. The van der Waals surface area contributed by atoms with Gasteiger partial charge in [-0.05, 0) is 18.2 Å². The zero-order chi connectivity index (χ0) is 11.7. The van der Waals surface area contributed by atoms with Crippen molar-refractivity contribution in [3.8, 4) is 11.8 Å². The first-order valence-electron chi connectivity index (χ1n) is 4.83. The molecular weight excluding hydrogens is 208 g/mol. The topological polar surface area (TPSA) is 84.6 Å². The van der Waals surface area contributed by atoms with Crippen molar-refractivity contribution >= 4 is 11.6 Å². The maximum Gasteiger partial charge on any atom is 0.229 e. The molecule has 0 aromatic heterocycles. The molecule has 0 bridgehead atoms. The van der Waals surface area contributed by atoms with E-state index in [0.29, 0.717) is 5.56 Å². The SMILES string of the molecule is N#Cc1ccc(O)c(N2CC(O)CC2=O)c1. The number of aromatic hydroxyl groups is 1. The number of amides is 1. The van der Waals surface area contributed by atoms with Crippen LogP contribution in [0.25, 0.3) is 0 Å². The van der Waals surface area contributed by atoms with E-state index in [9.17, 15) is 15.0 Å². The van der Waals surface area contributed by atoms with E-state index in [-0.39, 0.29) is 30.3 Å². The molecule has 1 unspecified atom stereocenters. The fraction of sp³-hybridized carbons (Fsp3) is 0.273. The Kier molecular flexibility index (Phi) is 2.50. The van der Waals surface area contributed by atoms with E-state index >= 15 is 0 Å². The molecule has 2 rings (SSSR count). The van der Waals surface area contributed by atoms with Crippen LogP contribution in [0.2, 0.25) is 0 Å². The number of nitriles is 1. The number of carbonyl (C=O) groups excluding carboxylic acids is 1. The highest BCUT2D eigenvalue weighted by atomic mass is 16.3. The number of benzene rings is 1. The van der Waals surface area contributed by atoms with Crippen LogP contribution < -0.4 is 4.90 Å². The Morgan fingerprint density at radius 3 is 2.81 bits per heavy atom. The Bertz CT molecular complexity index is 479. The first-order valence-corrected chi connectivity index (χ1v) is 4.83. The van der Waals surface area contributed by atoms with Gasteiger partial charge in [-0.15, -0.1) is 0 Å². The number of nitrogens with zero attached hydrogens (tertiary/aromatic N) is 2. The van der Waals surface area contributed by atoms with Crippen molar-refractivity contribution in [1.82, 2.24) is 0 Å². The van der Waals surface area contributed by atoms with Crippen LogP contribution in [0.4, 0.5) is 5.69 Å². The minimum absolute atomic E-state index is 0.0518. The summed E-state index contributed by atoms with van der Waals surface area (Å²) in [5.74, 6) is -0.320. The maximum atomic E-state index is 11.5. The molecule has 1 aromatic carbocycles. The molecule has 1 aromatic rings. The number of hydrogen-bond donors (Lipinski definition) is 2. The lowest BCUT2D eigenvalue weighted by molar-refractivity contribution is -0.117. The van der Waals surface area contributed by atoms with Crippen LogP contribution in [0.15, 0.2) is 18.2 Å². The zero-order valence-corrected chi connectivity index (χ0v) is 8.42. The lowest BCUT2D eigenvalue weighted by atomic mass is 10.2. The molecule has 82 valence electrons. The Hall–Kier alpha value is -2.06. The van der Waals surface area contributed by atoms with Gasteiger partial charge >= 0.3 is 0 Å². The van der Waals surface area contributed by atoms with Gasteiger partial charge < -0.3 is 15.1 Å². The first-order chi connectivity index (χ1) is 7.61. The quantitative estimate of drug-likeness (QED) is 0.712. The highest BCUT2D eigenvalue weighted by Crippen LogP contribution is 2.31. The summed E-state index contributed by atoms with van der Waals surface area (Å²) in [4.78, 5) is 12.8.